The van der Waals surface area contributed by atoms with Gasteiger partial charge in [0, 0.05) is 15.6 Å². The van der Waals surface area contributed by atoms with E-state index in [0.717, 1.165) is 0 Å². The predicted octanol–water partition coefficient (Wildman–Crippen LogP) is 4.12. The van der Waals surface area contributed by atoms with Crippen molar-refractivity contribution in [1.29, 1.82) is 0 Å². The van der Waals surface area contributed by atoms with E-state index in [2.05, 4.69) is 10.5 Å². The first-order valence-electron chi connectivity index (χ1n) is 5.74. The fraction of sp³-hybridized carbons (Fsp3) is 0. The highest BCUT2D eigenvalue weighted by Gasteiger charge is 2.10. The monoisotopic (exact) mass is 342 g/mol. The number of hydrogen-bond acceptors (Lipinski definition) is 3. The molecule has 0 aliphatic carbocycles. The summed E-state index contributed by atoms with van der Waals surface area (Å²) in [6.45, 7) is 0. The van der Waals surface area contributed by atoms with E-state index in [1.165, 1.54) is 24.4 Å². The Hall–Kier alpha value is -1.75. The molecule has 0 heterocycles. The summed E-state index contributed by atoms with van der Waals surface area (Å²) < 4.78 is 0. The van der Waals surface area contributed by atoms with Crippen molar-refractivity contribution in [3.8, 4) is 5.75 Å². The Morgan fingerprint density at radius 3 is 2.48 bits per heavy atom. The van der Waals surface area contributed by atoms with E-state index in [-0.39, 0.29) is 11.3 Å². The first-order chi connectivity index (χ1) is 9.97. The van der Waals surface area contributed by atoms with Gasteiger partial charge in [-0.2, -0.15) is 5.10 Å². The second-order valence-electron chi connectivity index (χ2n) is 4.03. The first-order valence-corrected chi connectivity index (χ1v) is 6.88. The van der Waals surface area contributed by atoms with Crippen LogP contribution in [0.3, 0.4) is 0 Å². The van der Waals surface area contributed by atoms with Crippen LogP contribution in [0.15, 0.2) is 41.5 Å². The SMILES string of the molecule is O=C(NN=Cc1ccc(Cl)cc1Cl)c1cc(Cl)ccc1O. The van der Waals surface area contributed by atoms with Gasteiger partial charge in [0.1, 0.15) is 5.75 Å². The van der Waals surface area contributed by atoms with Crippen LogP contribution >= 0.6 is 34.8 Å². The highest BCUT2D eigenvalue weighted by atomic mass is 35.5. The molecule has 4 nitrogen and oxygen atoms in total. The molecule has 0 unspecified atom stereocenters. The largest absolute Gasteiger partial charge is 0.507 e. The van der Waals surface area contributed by atoms with Gasteiger partial charge < -0.3 is 5.11 Å². The molecule has 2 aromatic carbocycles. The maximum Gasteiger partial charge on any atom is 0.275 e. The number of carbonyl (C=O) groups is 1. The fourth-order valence-electron chi connectivity index (χ4n) is 1.52. The number of phenolic OH excluding ortho intramolecular Hbond substituents is 1. The van der Waals surface area contributed by atoms with Crippen molar-refractivity contribution in [3.05, 3.63) is 62.6 Å². The summed E-state index contributed by atoms with van der Waals surface area (Å²) in [5.41, 5.74) is 2.90. The van der Waals surface area contributed by atoms with Crippen molar-refractivity contribution in [2.75, 3.05) is 0 Å². The minimum atomic E-state index is -0.587. The highest BCUT2D eigenvalue weighted by molar-refractivity contribution is 6.36. The van der Waals surface area contributed by atoms with Gasteiger partial charge in [-0.3, -0.25) is 4.79 Å². The number of nitrogens with zero attached hydrogens (tertiary/aromatic N) is 1. The Bertz CT molecular complexity index is 717. The zero-order valence-electron chi connectivity index (χ0n) is 10.5. The molecule has 2 N–H and O–H groups in total. The third-order valence-electron chi connectivity index (χ3n) is 2.54. The van der Waals surface area contributed by atoms with Crippen LogP contribution in [-0.4, -0.2) is 17.2 Å². The second kappa shape index (κ2) is 6.80. The molecular weight excluding hydrogens is 335 g/mol. The summed E-state index contributed by atoms with van der Waals surface area (Å²) in [6.07, 6.45) is 1.37. The van der Waals surface area contributed by atoms with Crippen LogP contribution in [0, 0.1) is 0 Å². The van der Waals surface area contributed by atoms with Gasteiger partial charge in [-0.15, -0.1) is 0 Å². The number of phenols is 1. The van der Waals surface area contributed by atoms with Crippen LogP contribution in [0.4, 0.5) is 0 Å². The molecule has 0 spiro atoms. The number of halogens is 3. The molecule has 0 aromatic heterocycles. The number of amides is 1. The quantitative estimate of drug-likeness (QED) is 0.650. The molecule has 0 saturated heterocycles. The predicted molar refractivity (Wildman–Crippen MR) is 84.6 cm³/mol. The van der Waals surface area contributed by atoms with Crippen molar-refractivity contribution in [2.24, 2.45) is 5.10 Å². The van der Waals surface area contributed by atoms with Crippen LogP contribution < -0.4 is 5.43 Å². The Balaban J connectivity index is 2.10. The van der Waals surface area contributed by atoms with E-state index in [4.69, 9.17) is 34.8 Å². The molecule has 2 rings (SSSR count). The molecule has 0 saturated carbocycles. The van der Waals surface area contributed by atoms with E-state index in [1.54, 1.807) is 18.2 Å². The van der Waals surface area contributed by atoms with Crippen LogP contribution in [0.2, 0.25) is 15.1 Å². The summed E-state index contributed by atoms with van der Waals surface area (Å²) in [5, 5.41) is 14.6. The maximum absolute atomic E-state index is 11.8. The molecule has 21 heavy (non-hydrogen) atoms. The minimum absolute atomic E-state index is 0.0295. The molecular formula is C14H9Cl3N2O2. The van der Waals surface area contributed by atoms with Crippen molar-refractivity contribution < 1.29 is 9.90 Å². The average Bonchev–Trinajstić information content (AvgIpc) is 2.43. The normalized spacial score (nSPS) is 10.8. The van der Waals surface area contributed by atoms with Gasteiger partial charge in [0.15, 0.2) is 0 Å². The van der Waals surface area contributed by atoms with Crippen molar-refractivity contribution in [2.45, 2.75) is 0 Å². The summed E-state index contributed by atoms with van der Waals surface area (Å²) >= 11 is 17.5. The van der Waals surface area contributed by atoms with Gasteiger partial charge in [0.05, 0.1) is 16.8 Å². The third-order valence-corrected chi connectivity index (χ3v) is 3.33. The van der Waals surface area contributed by atoms with Gasteiger partial charge in [0.25, 0.3) is 5.91 Å². The smallest absolute Gasteiger partial charge is 0.275 e. The lowest BCUT2D eigenvalue weighted by Gasteiger charge is -2.03. The number of hydrogen-bond donors (Lipinski definition) is 2. The lowest BCUT2D eigenvalue weighted by molar-refractivity contribution is 0.0952. The maximum atomic E-state index is 11.8. The summed E-state index contributed by atoms with van der Waals surface area (Å²) in [7, 11) is 0. The standard InChI is InChI=1S/C14H9Cl3N2O2/c15-9-3-4-13(20)11(5-9)14(21)19-18-7-8-1-2-10(16)6-12(8)17/h1-7,20H,(H,19,21). The van der Waals surface area contributed by atoms with Gasteiger partial charge in [-0.1, -0.05) is 40.9 Å². The van der Waals surface area contributed by atoms with E-state index in [9.17, 15) is 9.90 Å². The third kappa shape index (κ3) is 4.11. The van der Waals surface area contributed by atoms with Crippen LogP contribution in [0.25, 0.3) is 0 Å². The highest BCUT2D eigenvalue weighted by Crippen LogP contribution is 2.21. The number of carbonyl (C=O) groups excluding carboxylic acids is 1. The number of rotatable bonds is 3. The lowest BCUT2D eigenvalue weighted by Crippen LogP contribution is -2.17. The van der Waals surface area contributed by atoms with Crippen LogP contribution in [0.5, 0.6) is 5.75 Å². The molecule has 0 radical (unpaired) electrons. The summed E-state index contributed by atoms with van der Waals surface area (Å²) in [6, 6.07) is 9.03. The Labute approximate surface area is 135 Å². The number of benzene rings is 2. The molecule has 1 amide bonds. The van der Waals surface area contributed by atoms with Crippen molar-refractivity contribution in [3.63, 3.8) is 0 Å². The Kier molecular flexibility index (Phi) is 5.07. The van der Waals surface area contributed by atoms with Crippen LogP contribution in [-0.2, 0) is 0 Å². The Morgan fingerprint density at radius 1 is 1.10 bits per heavy atom. The molecule has 7 heteroatoms. The van der Waals surface area contributed by atoms with E-state index >= 15 is 0 Å². The van der Waals surface area contributed by atoms with E-state index < -0.39 is 5.91 Å². The Morgan fingerprint density at radius 2 is 1.76 bits per heavy atom. The van der Waals surface area contributed by atoms with Crippen LogP contribution in [0.1, 0.15) is 15.9 Å². The van der Waals surface area contributed by atoms with Crippen molar-refractivity contribution in [1.82, 2.24) is 5.43 Å². The lowest BCUT2D eigenvalue weighted by atomic mass is 10.2. The van der Waals surface area contributed by atoms with Gasteiger partial charge in [0.2, 0.25) is 0 Å². The first kappa shape index (κ1) is 15.6. The van der Waals surface area contributed by atoms with E-state index in [1.807, 2.05) is 0 Å². The zero-order valence-corrected chi connectivity index (χ0v) is 12.7. The number of hydrazone groups is 1. The molecule has 108 valence electrons. The molecule has 0 atom stereocenters. The zero-order chi connectivity index (χ0) is 15.4. The van der Waals surface area contributed by atoms with Crippen molar-refractivity contribution >= 4 is 46.9 Å². The molecule has 0 bridgehead atoms. The summed E-state index contributed by atoms with van der Waals surface area (Å²) in [5.74, 6) is -0.770. The fourth-order valence-corrected chi connectivity index (χ4v) is 2.15. The van der Waals surface area contributed by atoms with Gasteiger partial charge >= 0.3 is 0 Å². The topological polar surface area (TPSA) is 61.7 Å². The van der Waals surface area contributed by atoms with Gasteiger partial charge in [-0.05, 0) is 30.3 Å². The minimum Gasteiger partial charge on any atom is -0.507 e. The van der Waals surface area contributed by atoms with Gasteiger partial charge in [-0.25, -0.2) is 5.43 Å². The molecule has 0 aliphatic heterocycles. The molecule has 0 aliphatic rings. The summed E-state index contributed by atoms with van der Waals surface area (Å²) in [4.78, 5) is 11.8. The number of aromatic hydroxyl groups is 1. The average molecular weight is 344 g/mol. The second-order valence-corrected chi connectivity index (χ2v) is 5.31. The molecule has 2 aromatic rings. The molecule has 0 fully saturated rings. The number of nitrogens with one attached hydrogen (secondary N) is 1. The van der Waals surface area contributed by atoms with E-state index in [0.29, 0.717) is 20.6 Å².